The van der Waals surface area contributed by atoms with Gasteiger partial charge in [0.1, 0.15) is 0 Å². The van der Waals surface area contributed by atoms with E-state index in [4.69, 9.17) is 0 Å². The van der Waals surface area contributed by atoms with E-state index < -0.39 is 0 Å². The molecule has 0 radical (unpaired) electrons. The second kappa shape index (κ2) is 9.92. The highest BCUT2D eigenvalue weighted by Crippen LogP contribution is 2.25. The summed E-state index contributed by atoms with van der Waals surface area (Å²) in [5, 5.41) is 3.10. The van der Waals surface area contributed by atoms with Gasteiger partial charge in [-0.15, -0.1) is 0 Å². The number of nitrogens with zero attached hydrogens (tertiary/aromatic N) is 2. The smallest absolute Gasteiger partial charge is 0.255 e. The lowest BCUT2D eigenvalue weighted by Crippen LogP contribution is -2.44. The fraction of sp³-hybridized carbons (Fsp3) is 0.333. The van der Waals surface area contributed by atoms with Gasteiger partial charge in [0.05, 0.1) is 5.56 Å². The number of benzene rings is 2. The molecule has 5 heteroatoms. The van der Waals surface area contributed by atoms with Crippen LogP contribution in [-0.4, -0.2) is 49.4 Å². The predicted octanol–water partition coefficient (Wildman–Crippen LogP) is 3.58. The van der Waals surface area contributed by atoms with Crippen molar-refractivity contribution < 1.29 is 9.59 Å². The molecule has 1 saturated heterocycles. The molecule has 3 rings (SSSR count). The van der Waals surface area contributed by atoms with Crippen LogP contribution in [0.4, 0.5) is 5.69 Å². The summed E-state index contributed by atoms with van der Waals surface area (Å²) < 4.78 is 0. The van der Waals surface area contributed by atoms with Gasteiger partial charge in [-0.1, -0.05) is 42.5 Å². The summed E-state index contributed by atoms with van der Waals surface area (Å²) in [5.41, 5.74) is 2.73. The van der Waals surface area contributed by atoms with Crippen LogP contribution in [0.25, 0.3) is 6.08 Å². The quantitative estimate of drug-likeness (QED) is 0.766. The lowest BCUT2D eigenvalue weighted by Gasteiger charge is -2.35. The minimum absolute atomic E-state index is 0.0459. The van der Waals surface area contributed by atoms with Gasteiger partial charge in [-0.3, -0.25) is 9.59 Å². The van der Waals surface area contributed by atoms with E-state index >= 15 is 0 Å². The van der Waals surface area contributed by atoms with Gasteiger partial charge in [-0.05, 0) is 43.5 Å². The van der Waals surface area contributed by atoms with E-state index in [1.807, 2.05) is 74.6 Å². The molecule has 5 nitrogen and oxygen atoms in total. The van der Waals surface area contributed by atoms with E-state index in [-0.39, 0.29) is 17.9 Å². The normalized spacial score (nSPS) is 14.8. The van der Waals surface area contributed by atoms with Gasteiger partial charge in [0, 0.05) is 44.5 Å². The first kappa shape index (κ1) is 20.6. The SMILES string of the molecule is CCN(C)C(=O)c1ccccc1N1CCC(NC(=O)/C=C/c2ccccc2)CC1. The standard InChI is InChI=1S/C24H29N3O2/c1-3-26(2)24(29)21-11-7-8-12-22(21)27-17-15-20(16-18-27)25-23(28)14-13-19-9-5-4-6-10-19/h4-14,20H,3,15-18H2,1-2H3,(H,25,28)/b14-13+. The molecule has 2 aromatic rings. The third-order valence-electron chi connectivity index (χ3n) is 5.36. The number of amides is 2. The Morgan fingerprint density at radius 2 is 1.72 bits per heavy atom. The Balaban J connectivity index is 1.56. The average Bonchev–Trinajstić information content (AvgIpc) is 2.78. The van der Waals surface area contributed by atoms with Gasteiger partial charge in [0.25, 0.3) is 5.91 Å². The molecule has 2 amide bonds. The molecular weight excluding hydrogens is 362 g/mol. The number of nitrogens with one attached hydrogen (secondary N) is 1. The van der Waals surface area contributed by atoms with Crippen molar-refractivity contribution in [1.82, 2.24) is 10.2 Å². The Labute approximate surface area is 173 Å². The van der Waals surface area contributed by atoms with E-state index in [1.54, 1.807) is 11.0 Å². The molecule has 1 fully saturated rings. The van der Waals surface area contributed by atoms with Gasteiger partial charge in [0.2, 0.25) is 5.91 Å². The topological polar surface area (TPSA) is 52.7 Å². The van der Waals surface area contributed by atoms with Crippen LogP contribution in [-0.2, 0) is 4.79 Å². The number of anilines is 1. The molecule has 29 heavy (non-hydrogen) atoms. The van der Waals surface area contributed by atoms with Crippen molar-refractivity contribution in [2.75, 3.05) is 31.6 Å². The Morgan fingerprint density at radius 3 is 2.41 bits per heavy atom. The van der Waals surface area contributed by atoms with Crippen LogP contribution in [0.5, 0.6) is 0 Å². The zero-order valence-corrected chi connectivity index (χ0v) is 17.2. The summed E-state index contributed by atoms with van der Waals surface area (Å²) in [5.74, 6) is -0.0166. The summed E-state index contributed by atoms with van der Waals surface area (Å²) >= 11 is 0. The Morgan fingerprint density at radius 1 is 1.07 bits per heavy atom. The second-order valence-electron chi connectivity index (χ2n) is 7.35. The zero-order valence-electron chi connectivity index (χ0n) is 17.2. The molecule has 1 N–H and O–H groups in total. The molecule has 0 aliphatic carbocycles. The number of carbonyl (C=O) groups is 2. The van der Waals surface area contributed by atoms with Crippen molar-refractivity contribution in [2.24, 2.45) is 0 Å². The molecule has 2 aromatic carbocycles. The molecule has 0 atom stereocenters. The molecule has 0 unspecified atom stereocenters. The molecule has 1 heterocycles. The van der Waals surface area contributed by atoms with Crippen LogP contribution in [0, 0.1) is 0 Å². The first-order chi connectivity index (χ1) is 14.1. The number of rotatable bonds is 6. The highest BCUT2D eigenvalue weighted by atomic mass is 16.2. The van der Waals surface area contributed by atoms with Crippen molar-refractivity contribution in [2.45, 2.75) is 25.8 Å². The largest absolute Gasteiger partial charge is 0.371 e. The molecule has 0 saturated carbocycles. The molecule has 1 aliphatic heterocycles. The third kappa shape index (κ3) is 5.47. The highest BCUT2D eigenvalue weighted by molar-refractivity contribution is 5.99. The summed E-state index contributed by atoms with van der Waals surface area (Å²) in [6.45, 7) is 4.28. The average molecular weight is 392 g/mol. The maximum Gasteiger partial charge on any atom is 0.255 e. The lowest BCUT2D eigenvalue weighted by atomic mass is 10.0. The first-order valence-electron chi connectivity index (χ1n) is 10.2. The summed E-state index contributed by atoms with van der Waals surface area (Å²) in [6, 6.07) is 17.7. The van der Waals surface area contributed by atoms with Crippen molar-refractivity contribution in [3.05, 3.63) is 71.8 Å². The third-order valence-corrected chi connectivity index (χ3v) is 5.36. The van der Waals surface area contributed by atoms with Crippen LogP contribution in [0.15, 0.2) is 60.7 Å². The summed E-state index contributed by atoms with van der Waals surface area (Å²) in [4.78, 5) is 28.9. The molecule has 152 valence electrons. The van der Waals surface area contributed by atoms with Crippen molar-refractivity contribution >= 4 is 23.6 Å². The van der Waals surface area contributed by atoms with Gasteiger partial charge in [-0.25, -0.2) is 0 Å². The van der Waals surface area contributed by atoms with E-state index in [1.165, 1.54) is 0 Å². The van der Waals surface area contributed by atoms with E-state index in [0.717, 1.165) is 42.7 Å². The van der Waals surface area contributed by atoms with Gasteiger partial charge < -0.3 is 15.1 Å². The number of hydrogen-bond acceptors (Lipinski definition) is 3. The fourth-order valence-electron chi connectivity index (χ4n) is 3.53. The zero-order chi connectivity index (χ0) is 20.6. The molecule has 0 bridgehead atoms. The van der Waals surface area contributed by atoms with Crippen LogP contribution in [0.3, 0.4) is 0 Å². The molecular formula is C24H29N3O2. The van der Waals surface area contributed by atoms with Crippen molar-refractivity contribution in [3.63, 3.8) is 0 Å². The Hall–Kier alpha value is -3.08. The maximum absolute atomic E-state index is 12.7. The fourth-order valence-corrected chi connectivity index (χ4v) is 3.53. The molecule has 0 spiro atoms. The van der Waals surface area contributed by atoms with E-state index in [0.29, 0.717) is 6.54 Å². The van der Waals surface area contributed by atoms with Crippen LogP contribution >= 0.6 is 0 Å². The van der Waals surface area contributed by atoms with Gasteiger partial charge in [-0.2, -0.15) is 0 Å². The number of carbonyl (C=O) groups excluding carboxylic acids is 2. The number of hydrogen-bond donors (Lipinski definition) is 1. The second-order valence-corrected chi connectivity index (χ2v) is 7.35. The van der Waals surface area contributed by atoms with E-state index in [9.17, 15) is 9.59 Å². The minimum Gasteiger partial charge on any atom is -0.371 e. The van der Waals surface area contributed by atoms with Crippen LogP contribution < -0.4 is 10.2 Å². The van der Waals surface area contributed by atoms with Crippen molar-refractivity contribution in [1.29, 1.82) is 0 Å². The van der Waals surface area contributed by atoms with Crippen LogP contribution in [0.2, 0.25) is 0 Å². The van der Waals surface area contributed by atoms with Gasteiger partial charge >= 0.3 is 0 Å². The number of para-hydroxylation sites is 1. The van der Waals surface area contributed by atoms with Gasteiger partial charge in [0.15, 0.2) is 0 Å². The minimum atomic E-state index is -0.0625. The Kier molecular flexibility index (Phi) is 7.06. The summed E-state index contributed by atoms with van der Waals surface area (Å²) in [7, 11) is 1.82. The first-order valence-corrected chi connectivity index (χ1v) is 10.2. The Bertz CT molecular complexity index is 855. The predicted molar refractivity (Wildman–Crippen MR) is 118 cm³/mol. The monoisotopic (exact) mass is 391 g/mol. The molecule has 0 aromatic heterocycles. The van der Waals surface area contributed by atoms with Crippen LogP contribution in [0.1, 0.15) is 35.7 Å². The molecule has 1 aliphatic rings. The summed E-state index contributed by atoms with van der Waals surface area (Å²) in [6.07, 6.45) is 5.14. The highest BCUT2D eigenvalue weighted by Gasteiger charge is 2.24. The number of piperidine rings is 1. The van der Waals surface area contributed by atoms with Crippen molar-refractivity contribution in [3.8, 4) is 0 Å². The van der Waals surface area contributed by atoms with E-state index in [2.05, 4.69) is 10.2 Å². The lowest BCUT2D eigenvalue weighted by molar-refractivity contribution is -0.117. The maximum atomic E-state index is 12.7.